The number of primary amides is 1. The van der Waals surface area contributed by atoms with Crippen molar-refractivity contribution >= 4 is 27.8 Å². The first-order chi connectivity index (χ1) is 11.1. The fourth-order valence-electron chi connectivity index (χ4n) is 2.54. The van der Waals surface area contributed by atoms with E-state index < -0.39 is 12.2 Å². The minimum atomic E-state index is -0.946. The zero-order valence-corrected chi connectivity index (χ0v) is 14.1. The highest BCUT2D eigenvalue weighted by atomic mass is 79.9. The SMILES string of the molecule is NC(=O)OC(C(=O)CBr)[C@@H](Cc1ccccc1)c1ccccc1. The number of hydrogen-bond donors (Lipinski definition) is 1. The van der Waals surface area contributed by atoms with Crippen molar-refractivity contribution in [1.82, 2.24) is 0 Å². The molecule has 2 aromatic rings. The minimum absolute atomic E-state index is 0.100. The third-order valence-corrected chi connectivity index (χ3v) is 4.14. The van der Waals surface area contributed by atoms with E-state index >= 15 is 0 Å². The Bertz CT molecular complexity index is 646. The van der Waals surface area contributed by atoms with Gasteiger partial charge < -0.3 is 10.5 Å². The maximum Gasteiger partial charge on any atom is 0.405 e. The predicted octanol–water partition coefficient (Wildman–Crippen LogP) is 3.44. The number of hydrogen-bond acceptors (Lipinski definition) is 3. The van der Waals surface area contributed by atoms with Gasteiger partial charge in [-0.05, 0) is 17.5 Å². The summed E-state index contributed by atoms with van der Waals surface area (Å²) in [5.41, 5.74) is 7.15. The molecular weight excluding hydrogens is 358 g/mol. The summed E-state index contributed by atoms with van der Waals surface area (Å²) in [6.45, 7) is 0. The number of rotatable bonds is 7. The lowest BCUT2D eigenvalue weighted by Gasteiger charge is -2.25. The van der Waals surface area contributed by atoms with Crippen LogP contribution in [0.1, 0.15) is 17.0 Å². The van der Waals surface area contributed by atoms with Crippen LogP contribution in [0.25, 0.3) is 0 Å². The van der Waals surface area contributed by atoms with Gasteiger partial charge in [0.2, 0.25) is 0 Å². The number of alkyl halides is 1. The fourth-order valence-corrected chi connectivity index (χ4v) is 2.86. The van der Waals surface area contributed by atoms with E-state index in [-0.39, 0.29) is 17.0 Å². The van der Waals surface area contributed by atoms with Gasteiger partial charge in [0.05, 0.1) is 5.33 Å². The highest BCUT2D eigenvalue weighted by Crippen LogP contribution is 2.27. The Labute approximate surface area is 143 Å². The molecule has 2 N–H and O–H groups in total. The number of benzene rings is 2. The summed E-state index contributed by atoms with van der Waals surface area (Å²) in [6.07, 6.45) is -1.30. The smallest absolute Gasteiger partial charge is 0.405 e. The molecule has 120 valence electrons. The molecule has 0 spiro atoms. The lowest BCUT2D eigenvalue weighted by molar-refractivity contribution is -0.125. The van der Waals surface area contributed by atoms with Crippen LogP contribution in [0.5, 0.6) is 0 Å². The Kier molecular flexibility index (Phi) is 6.35. The van der Waals surface area contributed by atoms with Crippen molar-refractivity contribution in [1.29, 1.82) is 0 Å². The molecule has 0 aliphatic rings. The summed E-state index contributed by atoms with van der Waals surface area (Å²) in [7, 11) is 0. The van der Waals surface area contributed by atoms with Crippen molar-refractivity contribution in [2.75, 3.05) is 5.33 Å². The second-order valence-corrected chi connectivity index (χ2v) is 5.73. The lowest BCUT2D eigenvalue weighted by Crippen LogP contribution is -2.37. The van der Waals surface area contributed by atoms with Crippen molar-refractivity contribution in [2.24, 2.45) is 5.73 Å². The van der Waals surface area contributed by atoms with Gasteiger partial charge in [-0.3, -0.25) is 4.79 Å². The second-order valence-electron chi connectivity index (χ2n) is 5.16. The normalized spacial score (nSPS) is 13.1. The molecule has 0 aromatic heterocycles. The van der Waals surface area contributed by atoms with Crippen LogP contribution in [0.15, 0.2) is 60.7 Å². The van der Waals surface area contributed by atoms with E-state index in [4.69, 9.17) is 10.5 Å². The summed E-state index contributed by atoms with van der Waals surface area (Å²) in [5.74, 6) is -0.510. The van der Waals surface area contributed by atoms with Crippen LogP contribution in [-0.2, 0) is 16.0 Å². The zero-order chi connectivity index (χ0) is 16.7. The molecule has 0 aliphatic carbocycles. The molecule has 2 aromatic carbocycles. The van der Waals surface area contributed by atoms with Crippen molar-refractivity contribution in [3.63, 3.8) is 0 Å². The van der Waals surface area contributed by atoms with Crippen molar-refractivity contribution in [2.45, 2.75) is 18.4 Å². The Morgan fingerprint density at radius 1 is 1.00 bits per heavy atom. The molecule has 0 heterocycles. The summed E-state index contributed by atoms with van der Waals surface area (Å²) in [4.78, 5) is 23.5. The van der Waals surface area contributed by atoms with Gasteiger partial charge in [0.15, 0.2) is 11.9 Å². The molecule has 0 radical (unpaired) electrons. The third-order valence-electron chi connectivity index (χ3n) is 3.58. The lowest BCUT2D eigenvalue weighted by atomic mass is 9.86. The molecule has 23 heavy (non-hydrogen) atoms. The minimum Gasteiger partial charge on any atom is -0.438 e. The highest BCUT2D eigenvalue weighted by molar-refractivity contribution is 9.09. The van der Waals surface area contributed by atoms with Crippen LogP contribution in [0.2, 0.25) is 0 Å². The van der Waals surface area contributed by atoms with Crippen LogP contribution in [-0.4, -0.2) is 23.3 Å². The molecule has 4 nitrogen and oxygen atoms in total. The van der Waals surface area contributed by atoms with E-state index in [0.29, 0.717) is 6.42 Å². The molecular formula is C18H18BrNO3. The van der Waals surface area contributed by atoms with Gasteiger partial charge in [0.1, 0.15) is 0 Å². The zero-order valence-electron chi connectivity index (χ0n) is 12.5. The molecule has 0 aliphatic heterocycles. The second kappa shape index (κ2) is 8.48. The number of ether oxygens (including phenoxy) is 1. The van der Waals surface area contributed by atoms with E-state index in [1.807, 2.05) is 60.7 Å². The van der Waals surface area contributed by atoms with E-state index in [2.05, 4.69) is 15.9 Å². The quantitative estimate of drug-likeness (QED) is 0.753. The van der Waals surface area contributed by atoms with Crippen LogP contribution in [0.4, 0.5) is 4.79 Å². The molecule has 2 atom stereocenters. The Balaban J connectivity index is 2.37. The standard InChI is InChI=1S/C18H18BrNO3/c19-12-16(21)17(23-18(20)22)15(14-9-5-2-6-10-14)11-13-7-3-1-4-8-13/h1-10,15,17H,11-12H2,(H2,20,22)/t15-,17?/m0/s1. The van der Waals surface area contributed by atoms with E-state index in [1.165, 1.54) is 0 Å². The summed E-state index contributed by atoms with van der Waals surface area (Å²) >= 11 is 3.15. The molecule has 2 rings (SSSR count). The first-order valence-electron chi connectivity index (χ1n) is 7.25. The number of carbonyl (C=O) groups excluding carboxylic acids is 2. The van der Waals surface area contributed by atoms with Crippen LogP contribution < -0.4 is 5.73 Å². The van der Waals surface area contributed by atoms with Crippen molar-refractivity contribution < 1.29 is 14.3 Å². The fraction of sp³-hybridized carbons (Fsp3) is 0.222. The summed E-state index contributed by atoms with van der Waals surface area (Å²) < 4.78 is 5.15. The molecule has 0 saturated heterocycles. The number of nitrogens with two attached hydrogens (primary N) is 1. The molecule has 1 amide bonds. The third kappa shape index (κ3) is 4.93. The Hall–Kier alpha value is -2.14. The average Bonchev–Trinajstić information content (AvgIpc) is 2.58. The van der Waals surface area contributed by atoms with Gasteiger partial charge in [-0.1, -0.05) is 76.6 Å². The number of halogens is 1. The summed E-state index contributed by atoms with van der Waals surface area (Å²) in [6, 6.07) is 19.3. The number of amides is 1. The number of ketones is 1. The molecule has 0 bridgehead atoms. The van der Waals surface area contributed by atoms with Gasteiger partial charge in [0, 0.05) is 5.92 Å². The monoisotopic (exact) mass is 375 g/mol. The van der Waals surface area contributed by atoms with Crippen molar-refractivity contribution in [3.8, 4) is 0 Å². The van der Waals surface area contributed by atoms with Gasteiger partial charge in [-0.15, -0.1) is 0 Å². The summed E-state index contributed by atoms with van der Waals surface area (Å²) in [5, 5.41) is 0.100. The highest BCUT2D eigenvalue weighted by Gasteiger charge is 2.32. The van der Waals surface area contributed by atoms with E-state index in [9.17, 15) is 9.59 Å². The maximum atomic E-state index is 12.3. The van der Waals surface area contributed by atoms with Crippen LogP contribution >= 0.6 is 15.9 Å². The van der Waals surface area contributed by atoms with Gasteiger partial charge >= 0.3 is 6.09 Å². The van der Waals surface area contributed by atoms with Gasteiger partial charge in [-0.25, -0.2) is 4.79 Å². The van der Waals surface area contributed by atoms with Gasteiger partial charge in [-0.2, -0.15) is 0 Å². The Morgan fingerprint density at radius 3 is 2.09 bits per heavy atom. The molecule has 5 heteroatoms. The van der Waals surface area contributed by atoms with Crippen LogP contribution in [0.3, 0.4) is 0 Å². The molecule has 1 unspecified atom stereocenters. The predicted molar refractivity (Wildman–Crippen MR) is 92.6 cm³/mol. The van der Waals surface area contributed by atoms with Gasteiger partial charge in [0.25, 0.3) is 0 Å². The first kappa shape index (κ1) is 17.2. The topological polar surface area (TPSA) is 69.4 Å². The van der Waals surface area contributed by atoms with E-state index in [0.717, 1.165) is 11.1 Å². The maximum absolute atomic E-state index is 12.3. The first-order valence-corrected chi connectivity index (χ1v) is 8.37. The number of Topliss-reactive ketones (excluding diaryl/α,β-unsaturated/α-hetero) is 1. The largest absolute Gasteiger partial charge is 0.438 e. The van der Waals surface area contributed by atoms with Crippen molar-refractivity contribution in [3.05, 3.63) is 71.8 Å². The van der Waals surface area contributed by atoms with E-state index in [1.54, 1.807) is 0 Å². The molecule has 0 fully saturated rings. The average molecular weight is 376 g/mol. The molecule has 0 saturated carbocycles. The Morgan fingerprint density at radius 2 is 1.57 bits per heavy atom. The number of carbonyl (C=O) groups is 2. The van der Waals surface area contributed by atoms with Crippen LogP contribution in [0, 0.1) is 0 Å².